The maximum absolute atomic E-state index is 12.0. The van der Waals surface area contributed by atoms with Gasteiger partial charge in [0.05, 0.1) is 17.2 Å². The molecule has 84 valence electrons. The molecule has 0 fully saturated rings. The summed E-state index contributed by atoms with van der Waals surface area (Å²) in [6.45, 7) is 6.87. The monoisotopic (exact) mass is 216 g/mol. The van der Waals surface area contributed by atoms with Crippen molar-refractivity contribution >= 4 is 10.9 Å². The second-order valence-electron chi connectivity index (χ2n) is 4.27. The Morgan fingerprint density at radius 3 is 2.75 bits per heavy atom. The van der Waals surface area contributed by atoms with Gasteiger partial charge in [-0.1, -0.05) is 19.9 Å². The molecule has 0 unspecified atom stereocenters. The minimum absolute atomic E-state index is 0.0443. The van der Waals surface area contributed by atoms with Crippen molar-refractivity contribution in [1.82, 2.24) is 9.55 Å². The molecule has 0 saturated heterocycles. The van der Waals surface area contributed by atoms with E-state index in [1.807, 2.05) is 25.1 Å². The van der Waals surface area contributed by atoms with Gasteiger partial charge in [-0.2, -0.15) is 0 Å². The summed E-state index contributed by atoms with van der Waals surface area (Å²) in [4.78, 5) is 16.3. The summed E-state index contributed by atoms with van der Waals surface area (Å²) in [6, 6.07) is 5.89. The third kappa shape index (κ3) is 1.73. The molecular formula is C13H16N2O. The lowest BCUT2D eigenvalue weighted by molar-refractivity contribution is 0.717. The molecule has 0 aliphatic heterocycles. The molecule has 3 nitrogen and oxygen atoms in total. The molecule has 0 amide bonds. The van der Waals surface area contributed by atoms with Crippen molar-refractivity contribution in [3.63, 3.8) is 0 Å². The van der Waals surface area contributed by atoms with E-state index in [0.717, 1.165) is 5.52 Å². The molecule has 0 atom stereocenters. The van der Waals surface area contributed by atoms with Gasteiger partial charge in [0.2, 0.25) is 0 Å². The lowest BCUT2D eigenvalue weighted by Crippen LogP contribution is -2.19. The van der Waals surface area contributed by atoms with Gasteiger partial charge in [-0.3, -0.25) is 9.36 Å². The van der Waals surface area contributed by atoms with Crippen LogP contribution in [0.5, 0.6) is 0 Å². The number of hydrogen-bond donors (Lipinski definition) is 0. The van der Waals surface area contributed by atoms with Crippen molar-refractivity contribution in [2.24, 2.45) is 0 Å². The molecule has 0 aliphatic rings. The predicted molar refractivity (Wildman–Crippen MR) is 65.8 cm³/mol. The first-order valence-corrected chi connectivity index (χ1v) is 5.62. The smallest absolute Gasteiger partial charge is 0.261 e. The SMILES string of the molecule is CCn1cnc2cc(C(C)C)ccc2c1=O. The van der Waals surface area contributed by atoms with Crippen LogP contribution in [0.3, 0.4) is 0 Å². The Morgan fingerprint density at radius 1 is 1.38 bits per heavy atom. The van der Waals surface area contributed by atoms with Crippen molar-refractivity contribution in [3.05, 3.63) is 40.4 Å². The molecule has 0 bridgehead atoms. The van der Waals surface area contributed by atoms with E-state index in [9.17, 15) is 4.79 Å². The van der Waals surface area contributed by atoms with Crippen LogP contribution in [0.15, 0.2) is 29.3 Å². The average Bonchev–Trinajstić information content (AvgIpc) is 2.29. The molecule has 1 aromatic heterocycles. The van der Waals surface area contributed by atoms with E-state index in [-0.39, 0.29) is 5.56 Å². The highest BCUT2D eigenvalue weighted by Crippen LogP contribution is 2.17. The highest BCUT2D eigenvalue weighted by Gasteiger charge is 2.05. The molecule has 0 spiro atoms. The molecule has 1 aromatic carbocycles. The van der Waals surface area contributed by atoms with E-state index in [1.54, 1.807) is 10.9 Å². The van der Waals surface area contributed by atoms with Crippen molar-refractivity contribution in [2.75, 3.05) is 0 Å². The Labute approximate surface area is 94.7 Å². The molecule has 2 rings (SSSR count). The van der Waals surface area contributed by atoms with Gasteiger partial charge < -0.3 is 0 Å². The van der Waals surface area contributed by atoms with E-state index >= 15 is 0 Å². The van der Waals surface area contributed by atoms with Crippen LogP contribution < -0.4 is 5.56 Å². The zero-order valence-corrected chi connectivity index (χ0v) is 9.90. The van der Waals surface area contributed by atoms with E-state index in [2.05, 4.69) is 18.8 Å². The summed E-state index contributed by atoms with van der Waals surface area (Å²) >= 11 is 0. The minimum Gasteiger partial charge on any atom is -0.299 e. The highest BCUT2D eigenvalue weighted by molar-refractivity contribution is 5.78. The van der Waals surface area contributed by atoms with Crippen LogP contribution >= 0.6 is 0 Å². The van der Waals surface area contributed by atoms with Crippen LogP contribution in [0.25, 0.3) is 10.9 Å². The Hall–Kier alpha value is -1.64. The second kappa shape index (κ2) is 4.08. The third-order valence-corrected chi connectivity index (χ3v) is 2.86. The zero-order chi connectivity index (χ0) is 11.7. The van der Waals surface area contributed by atoms with Gasteiger partial charge in [0.15, 0.2) is 0 Å². The summed E-state index contributed by atoms with van der Waals surface area (Å²) in [5.74, 6) is 0.458. The number of fused-ring (bicyclic) bond motifs is 1. The Bertz CT molecular complexity index is 570. The topological polar surface area (TPSA) is 34.9 Å². The van der Waals surface area contributed by atoms with Gasteiger partial charge in [0, 0.05) is 6.54 Å². The molecule has 0 saturated carbocycles. The molecule has 0 aliphatic carbocycles. The van der Waals surface area contributed by atoms with E-state index < -0.39 is 0 Å². The second-order valence-corrected chi connectivity index (χ2v) is 4.27. The summed E-state index contributed by atoms with van der Waals surface area (Å²) in [5.41, 5.74) is 2.05. The highest BCUT2D eigenvalue weighted by atomic mass is 16.1. The fraction of sp³-hybridized carbons (Fsp3) is 0.385. The number of rotatable bonds is 2. The van der Waals surface area contributed by atoms with Crippen LogP contribution in [0.1, 0.15) is 32.3 Å². The summed E-state index contributed by atoms with van der Waals surface area (Å²) in [6.07, 6.45) is 1.62. The maximum Gasteiger partial charge on any atom is 0.261 e. The fourth-order valence-corrected chi connectivity index (χ4v) is 1.76. The van der Waals surface area contributed by atoms with Crippen molar-refractivity contribution in [2.45, 2.75) is 33.2 Å². The molecular weight excluding hydrogens is 200 g/mol. The average molecular weight is 216 g/mol. The normalized spacial score (nSPS) is 11.2. The van der Waals surface area contributed by atoms with E-state index in [4.69, 9.17) is 0 Å². The van der Waals surface area contributed by atoms with E-state index in [1.165, 1.54) is 5.56 Å². The number of hydrogen-bond acceptors (Lipinski definition) is 2. The van der Waals surface area contributed by atoms with Crippen LogP contribution in [0.4, 0.5) is 0 Å². The largest absolute Gasteiger partial charge is 0.299 e. The molecule has 2 aromatic rings. The maximum atomic E-state index is 12.0. The Balaban J connectivity index is 2.70. The minimum atomic E-state index is 0.0443. The third-order valence-electron chi connectivity index (χ3n) is 2.86. The standard InChI is InChI=1S/C13H16N2O/c1-4-15-8-14-12-7-10(9(2)3)5-6-11(12)13(15)16/h5-9H,4H2,1-3H3. The van der Waals surface area contributed by atoms with Crippen molar-refractivity contribution in [3.8, 4) is 0 Å². The van der Waals surface area contributed by atoms with Crippen molar-refractivity contribution < 1.29 is 0 Å². The molecule has 3 heteroatoms. The lowest BCUT2D eigenvalue weighted by atomic mass is 10.0. The summed E-state index contributed by atoms with van der Waals surface area (Å²) < 4.78 is 1.62. The number of aromatic nitrogens is 2. The summed E-state index contributed by atoms with van der Waals surface area (Å²) in [7, 11) is 0. The van der Waals surface area contributed by atoms with Gasteiger partial charge in [-0.25, -0.2) is 4.98 Å². The van der Waals surface area contributed by atoms with Crippen LogP contribution in [-0.2, 0) is 6.54 Å². The fourth-order valence-electron chi connectivity index (χ4n) is 1.76. The van der Waals surface area contributed by atoms with Gasteiger partial charge in [0.1, 0.15) is 0 Å². The first kappa shape index (κ1) is 10.9. The number of benzene rings is 1. The Morgan fingerprint density at radius 2 is 2.12 bits per heavy atom. The van der Waals surface area contributed by atoms with Crippen LogP contribution in [0, 0.1) is 0 Å². The Kier molecular flexibility index (Phi) is 2.77. The van der Waals surface area contributed by atoms with E-state index in [0.29, 0.717) is 17.8 Å². The summed E-state index contributed by atoms with van der Waals surface area (Å²) in [5, 5.41) is 0.703. The number of nitrogens with zero attached hydrogens (tertiary/aromatic N) is 2. The zero-order valence-electron chi connectivity index (χ0n) is 9.90. The predicted octanol–water partition coefficient (Wildman–Crippen LogP) is 2.54. The lowest BCUT2D eigenvalue weighted by Gasteiger charge is -2.07. The first-order chi connectivity index (χ1) is 7.63. The molecule has 0 N–H and O–H groups in total. The van der Waals surface area contributed by atoms with Gasteiger partial charge in [-0.15, -0.1) is 0 Å². The first-order valence-electron chi connectivity index (χ1n) is 5.62. The van der Waals surface area contributed by atoms with Crippen LogP contribution in [-0.4, -0.2) is 9.55 Å². The van der Waals surface area contributed by atoms with Gasteiger partial charge in [-0.05, 0) is 30.5 Å². The molecule has 1 heterocycles. The van der Waals surface area contributed by atoms with Gasteiger partial charge >= 0.3 is 0 Å². The molecule has 16 heavy (non-hydrogen) atoms. The number of aryl methyl sites for hydroxylation is 1. The molecule has 0 radical (unpaired) electrons. The van der Waals surface area contributed by atoms with Crippen LogP contribution in [0.2, 0.25) is 0 Å². The van der Waals surface area contributed by atoms with Crippen molar-refractivity contribution in [1.29, 1.82) is 0 Å². The van der Waals surface area contributed by atoms with Gasteiger partial charge in [0.25, 0.3) is 5.56 Å². The quantitative estimate of drug-likeness (QED) is 0.773.